The van der Waals surface area contributed by atoms with Crippen molar-refractivity contribution in [3.05, 3.63) is 22.4 Å². The summed E-state index contributed by atoms with van der Waals surface area (Å²) in [5.74, 6) is 0. The van der Waals surface area contributed by atoms with Gasteiger partial charge in [0.15, 0.2) is 0 Å². The third kappa shape index (κ3) is 7.08. The zero-order chi connectivity index (χ0) is 13.1. The molecule has 0 bridgehead atoms. The molecule has 0 saturated carbocycles. The topological polar surface area (TPSA) is 39.7 Å². The minimum atomic E-state index is 0.395. The second-order valence-corrected chi connectivity index (χ2v) is 4.89. The first-order valence-electron chi connectivity index (χ1n) is 6.26. The quantitative estimate of drug-likeness (QED) is 0.627. The molecule has 1 aromatic rings. The van der Waals surface area contributed by atoms with Crippen LogP contribution in [0, 0.1) is 0 Å². The van der Waals surface area contributed by atoms with Crippen molar-refractivity contribution < 1.29 is 14.2 Å². The molecular formula is C13H23NO3S. The van der Waals surface area contributed by atoms with Gasteiger partial charge in [0.25, 0.3) is 0 Å². The van der Waals surface area contributed by atoms with E-state index in [9.17, 15) is 0 Å². The molecule has 0 radical (unpaired) electrons. The molecule has 1 rings (SSSR count). The molecule has 0 unspecified atom stereocenters. The average molecular weight is 273 g/mol. The number of rotatable bonds is 11. The van der Waals surface area contributed by atoms with Crippen molar-refractivity contribution in [3.63, 3.8) is 0 Å². The number of methoxy groups -OCH3 is 1. The molecule has 0 aliphatic carbocycles. The van der Waals surface area contributed by atoms with Crippen molar-refractivity contribution >= 4 is 11.3 Å². The van der Waals surface area contributed by atoms with E-state index < -0.39 is 0 Å². The summed E-state index contributed by atoms with van der Waals surface area (Å²) in [5.41, 5.74) is 0. The van der Waals surface area contributed by atoms with Crippen molar-refractivity contribution in [2.24, 2.45) is 0 Å². The molecule has 0 aromatic carbocycles. The molecule has 104 valence electrons. The fraction of sp³-hybridized carbons (Fsp3) is 0.692. The van der Waals surface area contributed by atoms with E-state index in [1.54, 1.807) is 18.4 Å². The summed E-state index contributed by atoms with van der Waals surface area (Å²) >= 11 is 1.78. The van der Waals surface area contributed by atoms with Crippen LogP contribution in [0.15, 0.2) is 17.5 Å². The fourth-order valence-electron chi connectivity index (χ4n) is 1.45. The van der Waals surface area contributed by atoms with Gasteiger partial charge in [-0.25, -0.2) is 0 Å². The SMILES string of the molecule is COCCOCCOCCN[C@@H](C)c1cccs1. The van der Waals surface area contributed by atoms with Gasteiger partial charge >= 0.3 is 0 Å². The molecule has 0 aliphatic rings. The van der Waals surface area contributed by atoms with Crippen molar-refractivity contribution in [1.29, 1.82) is 0 Å². The highest BCUT2D eigenvalue weighted by Crippen LogP contribution is 2.17. The molecule has 5 heteroatoms. The lowest BCUT2D eigenvalue weighted by Gasteiger charge is -2.12. The minimum absolute atomic E-state index is 0.395. The van der Waals surface area contributed by atoms with Crippen molar-refractivity contribution in [1.82, 2.24) is 5.32 Å². The van der Waals surface area contributed by atoms with Crippen LogP contribution in [-0.2, 0) is 14.2 Å². The van der Waals surface area contributed by atoms with Crippen LogP contribution in [-0.4, -0.2) is 46.7 Å². The van der Waals surface area contributed by atoms with Gasteiger partial charge in [-0.15, -0.1) is 11.3 Å². The molecule has 0 saturated heterocycles. The molecule has 4 nitrogen and oxygen atoms in total. The molecule has 1 atom stereocenters. The van der Waals surface area contributed by atoms with Gasteiger partial charge in [0.1, 0.15) is 0 Å². The second kappa shape index (κ2) is 10.5. The number of hydrogen-bond acceptors (Lipinski definition) is 5. The summed E-state index contributed by atoms with van der Waals surface area (Å²) < 4.78 is 15.6. The molecule has 0 fully saturated rings. The molecule has 0 spiro atoms. The minimum Gasteiger partial charge on any atom is -0.382 e. The predicted octanol–water partition coefficient (Wildman–Crippen LogP) is 2.08. The molecule has 1 aromatic heterocycles. The summed E-state index contributed by atoms with van der Waals surface area (Å²) in [4.78, 5) is 1.36. The van der Waals surface area contributed by atoms with Crippen LogP contribution in [0.3, 0.4) is 0 Å². The third-order valence-corrected chi connectivity index (χ3v) is 3.53. The Balaban J connectivity index is 1.87. The molecule has 1 N–H and O–H groups in total. The summed E-state index contributed by atoms with van der Waals surface area (Å²) in [5, 5.41) is 5.52. The van der Waals surface area contributed by atoms with E-state index in [4.69, 9.17) is 14.2 Å². The molecule has 0 aliphatic heterocycles. The van der Waals surface area contributed by atoms with Gasteiger partial charge in [-0.2, -0.15) is 0 Å². The number of ether oxygens (including phenoxy) is 3. The van der Waals surface area contributed by atoms with Crippen LogP contribution in [0.5, 0.6) is 0 Å². The maximum absolute atomic E-state index is 5.46. The smallest absolute Gasteiger partial charge is 0.0701 e. The lowest BCUT2D eigenvalue weighted by molar-refractivity contribution is 0.0253. The van der Waals surface area contributed by atoms with Crippen molar-refractivity contribution in [3.8, 4) is 0 Å². The first kappa shape index (κ1) is 15.6. The average Bonchev–Trinajstić information content (AvgIpc) is 2.90. The largest absolute Gasteiger partial charge is 0.382 e. The Morgan fingerprint density at radius 3 is 2.56 bits per heavy atom. The van der Waals surface area contributed by atoms with Gasteiger partial charge in [-0.3, -0.25) is 0 Å². The van der Waals surface area contributed by atoms with Gasteiger partial charge in [-0.05, 0) is 18.4 Å². The van der Waals surface area contributed by atoms with Crippen molar-refractivity contribution in [2.75, 3.05) is 46.7 Å². The van der Waals surface area contributed by atoms with E-state index in [1.165, 1.54) is 4.88 Å². The maximum Gasteiger partial charge on any atom is 0.0701 e. The van der Waals surface area contributed by atoms with E-state index >= 15 is 0 Å². The van der Waals surface area contributed by atoms with Crippen LogP contribution >= 0.6 is 11.3 Å². The summed E-state index contributed by atoms with van der Waals surface area (Å²) in [6.45, 7) is 6.27. The monoisotopic (exact) mass is 273 g/mol. The normalized spacial score (nSPS) is 12.8. The summed E-state index contributed by atoms with van der Waals surface area (Å²) in [7, 11) is 1.67. The second-order valence-electron chi connectivity index (χ2n) is 3.91. The molecule has 18 heavy (non-hydrogen) atoms. The standard InChI is InChI=1S/C13H23NO3S/c1-12(13-4-3-11-18-13)14-5-6-16-9-10-17-8-7-15-2/h3-4,11-12,14H,5-10H2,1-2H3/t12-/m0/s1. The number of nitrogens with one attached hydrogen (secondary N) is 1. The first-order valence-corrected chi connectivity index (χ1v) is 7.13. The first-order chi connectivity index (χ1) is 8.84. The Labute approximate surface area is 113 Å². The lowest BCUT2D eigenvalue weighted by Crippen LogP contribution is -2.23. The van der Waals surface area contributed by atoms with Gasteiger partial charge in [-0.1, -0.05) is 6.07 Å². The van der Waals surface area contributed by atoms with E-state index in [-0.39, 0.29) is 0 Å². The zero-order valence-corrected chi connectivity index (χ0v) is 12.0. The molecular weight excluding hydrogens is 250 g/mol. The Morgan fingerprint density at radius 1 is 1.17 bits per heavy atom. The van der Waals surface area contributed by atoms with E-state index in [2.05, 4.69) is 29.8 Å². The van der Waals surface area contributed by atoms with Crippen LogP contribution in [0.2, 0.25) is 0 Å². The van der Waals surface area contributed by atoms with Crippen LogP contribution in [0.1, 0.15) is 17.8 Å². The van der Waals surface area contributed by atoms with Crippen molar-refractivity contribution in [2.45, 2.75) is 13.0 Å². The highest BCUT2D eigenvalue weighted by molar-refractivity contribution is 7.10. The highest BCUT2D eigenvalue weighted by atomic mass is 32.1. The Bertz CT molecular complexity index is 280. The molecule has 1 heterocycles. The summed E-state index contributed by atoms with van der Waals surface area (Å²) in [6, 6.07) is 4.62. The Kier molecular flexibility index (Phi) is 9.06. The third-order valence-electron chi connectivity index (χ3n) is 2.47. The van der Waals surface area contributed by atoms with E-state index in [0.717, 1.165) is 6.54 Å². The fourth-order valence-corrected chi connectivity index (χ4v) is 2.21. The lowest BCUT2D eigenvalue weighted by atomic mass is 10.3. The highest BCUT2D eigenvalue weighted by Gasteiger charge is 2.04. The predicted molar refractivity (Wildman–Crippen MR) is 74.3 cm³/mol. The van der Waals surface area contributed by atoms with E-state index in [0.29, 0.717) is 39.1 Å². The zero-order valence-electron chi connectivity index (χ0n) is 11.2. The van der Waals surface area contributed by atoms with Gasteiger partial charge in [0, 0.05) is 24.6 Å². The van der Waals surface area contributed by atoms with Crippen LogP contribution < -0.4 is 5.32 Å². The van der Waals surface area contributed by atoms with Crippen LogP contribution in [0.4, 0.5) is 0 Å². The summed E-state index contributed by atoms with van der Waals surface area (Å²) in [6.07, 6.45) is 0. The number of thiophene rings is 1. The maximum atomic E-state index is 5.46. The van der Waals surface area contributed by atoms with Gasteiger partial charge < -0.3 is 19.5 Å². The van der Waals surface area contributed by atoms with Gasteiger partial charge in [0.05, 0.1) is 33.0 Å². The van der Waals surface area contributed by atoms with E-state index in [1.807, 2.05) is 0 Å². The number of hydrogen-bond donors (Lipinski definition) is 1. The molecule has 0 amide bonds. The Morgan fingerprint density at radius 2 is 1.89 bits per heavy atom. The van der Waals surface area contributed by atoms with Crippen LogP contribution in [0.25, 0.3) is 0 Å². The van der Waals surface area contributed by atoms with Gasteiger partial charge in [0.2, 0.25) is 0 Å². The Hall–Kier alpha value is -0.460.